The molecule has 2 unspecified atom stereocenters. The molecule has 0 saturated heterocycles. The van der Waals surface area contributed by atoms with Crippen molar-refractivity contribution in [1.82, 2.24) is 0 Å². The third-order valence-electron chi connectivity index (χ3n) is 2.58. The zero-order valence-corrected chi connectivity index (χ0v) is 12.5. The van der Waals surface area contributed by atoms with E-state index in [1.807, 2.05) is 13.8 Å². The lowest BCUT2D eigenvalue weighted by Crippen LogP contribution is -2.33. The van der Waals surface area contributed by atoms with E-state index < -0.39 is 12.0 Å². The van der Waals surface area contributed by atoms with Crippen LogP contribution in [0.15, 0.2) is 12.1 Å². The lowest BCUT2D eigenvalue weighted by atomic mass is 10.1. The molecule has 0 spiro atoms. The van der Waals surface area contributed by atoms with Crippen LogP contribution < -0.4 is 16.2 Å². The molecule has 0 bridgehead atoms. The molecule has 0 radical (unpaired) electrons. The van der Waals surface area contributed by atoms with Gasteiger partial charge in [0, 0.05) is 11.1 Å². The summed E-state index contributed by atoms with van der Waals surface area (Å²) in [6.07, 6.45) is 0.294. The number of ether oxygens (including phenoxy) is 1. The van der Waals surface area contributed by atoms with Gasteiger partial charge in [-0.05, 0) is 37.5 Å². The SMILES string of the molecule is CCC(Oc1c(Cl)cc(Cl)cc1CC(C)N)C(N)=O. The van der Waals surface area contributed by atoms with Crippen molar-refractivity contribution >= 4 is 29.1 Å². The van der Waals surface area contributed by atoms with Crippen LogP contribution in [-0.4, -0.2) is 18.1 Å². The van der Waals surface area contributed by atoms with Crippen LogP contribution in [0.4, 0.5) is 0 Å². The van der Waals surface area contributed by atoms with Crippen LogP contribution in [0.1, 0.15) is 25.8 Å². The van der Waals surface area contributed by atoms with Gasteiger partial charge in [-0.3, -0.25) is 4.79 Å². The molecule has 0 aliphatic rings. The predicted molar refractivity (Wildman–Crippen MR) is 77.7 cm³/mol. The molecule has 4 nitrogen and oxygen atoms in total. The number of halogens is 2. The van der Waals surface area contributed by atoms with Crippen molar-refractivity contribution in [1.29, 1.82) is 0 Å². The number of hydrogen-bond donors (Lipinski definition) is 2. The Hall–Kier alpha value is -0.970. The van der Waals surface area contributed by atoms with Crippen LogP contribution in [0.2, 0.25) is 10.0 Å². The van der Waals surface area contributed by atoms with Gasteiger partial charge in [0.2, 0.25) is 0 Å². The van der Waals surface area contributed by atoms with Gasteiger partial charge in [0.25, 0.3) is 5.91 Å². The van der Waals surface area contributed by atoms with Crippen molar-refractivity contribution in [2.24, 2.45) is 11.5 Å². The lowest BCUT2D eigenvalue weighted by Gasteiger charge is -2.19. The molecule has 0 fully saturated rings. The molecule has 0 aliphatic heterocycles. The molecule has 106 valence electrons. The van der Waals surface area contributed by atoms with Gasteiger partial charge in [-0.15, -0.1) is 0 Å². The van der Waals surface area contributed by atoms with Gasteiger partial charge in [-0.25, -0.2) is 0 Å². The van der Waals surface area contributed by atoms with Crippen LogP contribution in [0, 0.1) is 0 Å². The number of benzene rings is 1. The number of amides is 1. The maximum atomic E-state index is 11.3. The number of carbonyl (C=O) groups excluding carboxylic acids is 1. The minimum Gasteiger partial charge on any atom is -0.479 e. The first-order chi connectivity index (χ1) is 8.85. The average molecular weight is 305 g/mol. The molecule has 0 aromatic heterocycles. The minimum absolute atomic E-state index is 0.0782. The second-order valence-electron chi connectivity index (χ2n) is 4.47. The number of nitrogens with two attached hydrogens (primary N) is 2. The fraction of sp³-hybridized carbons (Fsp3) is 0.462. The maximum Gasteiger partial charge on any atom is 0.258 e. The van der Waals surface area contributed by atoms with E-state index in [9.17, 15) is 4.79 Å². The molecule has 6 heteroatoms. The van der Waals surface area contributed by atoms with Crippen molar-refractivity contribution in [2.75, 3.05) is 0 Å². The van der Waals surface area contributed by atoms with E-state index in [1.165, 1.54) is 0 Å². The summed E-state index contributed by atoms with van der Waals surface area (Å²) in [6, 6.07) is 3.22. The molecular formula is C13H18Cl2N2O2. The summed E-state index contributed by atoms with van der Waals surface area (Å²) >= 11 is 12.1. The zero-order valence-electron chi connectivity index (χ0n) is 11.0. The molecule has 4 N–H and O–H groups in total. The van der Waals surface area contributed by atoms with E-state index in [0.29, 0.717) is 28.6 Å². The summed E-state index contributed by atoms with van der Waals surface area (Å²) in [7, 11) is 0. The number of carbonyl (C=O) groups is 1. The van der Waals surface area contributed by atoms with E-state index in [2.05, 4.69) is 0 Å². The van der Waals surface area contributed by atoms with Gasteiger partial charge in [0.05, 0.1) is 5.02 Å². The Labute approximate surface area is 123 Å². The van der Waals surface area contributed by atoms with E-state index in [4.69, 9.17) is 39.4 Å². The molecule has 1 aromatic carbocycles. The van der Waals surface area contributed by atoms with E-state index in [-0.39, 0.29) is 6.04 Å². The molecule has 1 aromatic rings. The summed E-state index contributed by atoms with van der Waals surface area (Å²) in [6.45, 7) is 3.68. The standard InChI is InChI=1S/C13H18Cl2N2O2/c1-3-11(13(17)18)19-12-8(4-7(2)16)5-9(14)6-10(12)15/h5-7,11H,3-4,16H2,1-2H3,(H2,17,18). The zero-order chi connectivity index (χ0) is 14.6. The van der Waals surface area contributed by atoms with Crippen LogP contribution >= 0.6 is 23.2 Å². The van der Waals surface area contributed by atoms with E-state index >= 15 is 0 Å². The van der Waals surface area contributed by atoms with Gasteiger partial charge in [0.1, 0.15) is 5.75 Å². The topological polar surface area (TPSA) is 78.3 Å². The third-order valence-corrected chi connectivity index (χ3v) is 3.07. The highest BCUT2D eigenvalue weighted by Crippen LogP contribution is 2.34. The van der Waals surface area contributed by atoms with Crippen molar-refractivity contribution in [3.05, 3.63) is 27.7 Å². The van der Waals surface area contributed by atoms with Gasteiger partial charge in [0.15, 0.2) is 6.10 Å². The Morgan fingerprint density at radius 3 is 2.53 bits per heavy atom. The predicted octanol–water partition coefficient (Wildman–Crippen LogP) is 2.53. The third kappa shape index (κ3) is 4.56. The van der Waals surface area contributed by atoms with Crippen LogP contribution in [-0.2, 0) is 11.2 Å². The fourth-order valence-electron chi connectivity index (χ4n) is 1.73. The molecule has 1 amide bonds. The molecule has 19 heavy (non-hydrogen) atoms. The Kier molecular flexibility index (Phi) is 5.91. The van der Waals surface area contributed by atoms with Crippen LogP contribution in [0.5, 0.6) is 5.75 Å². The molecule has 2 atom stereocenters. The fourth-order valence-corrected chi connectivity index (χ4v) is 2.31. The largest absolute Gasteiger partial charge is 0.479 e. The van der Waals surface area contributed by atoms with Crippen molar-refractivity contribution in [3.8, 4) is 5.75 Å². The number of hydrogen-bond acceptors (Lipinski definition) is 3. The normalized spacial score (nSPS) is 13.9. The van der Waals surface area contributed by atoms with Gasteiger partial charge in [-0.1, -0.05) is 30.1 Å². The second-order valence-corrected chi connectivity index (χ2v) is 5.32. The Balaban J connectivity index is 3.13. The summed E-state index contributed by atoms with van der Waals surface area (Å²) < 4.78 is 5.62. The van der Waals surface area contributed by atoms with Gasteiger partial charge >= 0.3 is 0 Å². The molecule has 0 saturated carbocycles. The van der Waals surface area contributed by atoms with E-state index in [1.54, 1.807) is 12.1 Å². The summed E-state index contributed by atoms with van der Waals surface area (Å²) in [5.41, 5.74) is 11.8. The van der Waals surface area contributed by atoms with Crippen LogP contribution in [0.3, 0.4) is 0 Å². The number of primary amides is 1. The van der Waals surface area contributed by atoms with Gasteiger partial charge in [-0.2, -0.15) is 0 Å². The van der Waals surface area contributed by atoms with Crippen LogP contribution in [0.25, 0.3) is 0 Å². The molecule has 1 rings (SSSR count). The molecular weight excluding hydrogens is 287 g/mol. The van der Waals surface area contributed by atoms with Crippen molar-refractivity contribution in [3.63, 3.8) is 0 Å². The molecule has 0 heterocycles. The highest BCUT2D eigenvalue weighted by Gasteiger charge is 2.20. The second kappa shape index (κ2) is 6.98. The van der Waals surface area contributed by atoms with Gasteiger partial charge < -0.3 is 16.2 Å². The first kappa shape index (κ1) is 16.1. The average Bonchev–Trinajstić information content (AvgIpc) is 2.26. The minimum atomic E-state index is -0.717. The molecule has 0 aliphatic carbocycles. The summed E-state index contributed by atoms with van der Waals surface area (Å²) in [5.74, 6) is -0.103. The lowest BCUT2D eigenvalue weighted by molar-refractivity contribution is -0.124. The summed E-state index contributed by atoms with van der Waals surface area (Å²) in [4.78, 5) is 11.3. The first-order valence-corrected chi connectivity index (χ1v) is 6.80. The highest BCUT2D eigenvalue weighted by atomic mass is 35.5. The monoisotopic (exact) mass is 304 g/mol. The smallest absolute Gasteiger partial charge is 0.258 e. The Morgan fingerprint density at radius 2 is 2.05 bits per heavy atom. The first-order valence-electron chi connectivity index (χ1n) is 6.04. The maximum absolute atomic E-state index is 11.3. The number of rotatable bonds is 6. The van der Waals surface area contributed by atoms with Crippen molar-refractivity contribution < 1.29 is 9.53 Å². The Bertz CT molecular complexity index is 464. The van der Waals surface area contributed by atoms with E-state index in [0.717, 1.165) is 5.56 Å². The highest BCUT2D eigenvalue weighted by molar-refractivity contribution is 6.35. The quantitative estimate of drug-likeness (QED) is 0.847. The van der Waals surface area contributed by atoms with Crippen molar-refractivity contribution in [2.45, 2.75) is 38.8 Å². The Morgan fingerprint density at radius 1 is 1.42 bits per heavy atom. The summed E-state index contributed by atoms with van der Waals surface area (Å²) in [5, 5.41) is 0.850.